The Kier molecular flexibility index (Phi) is 3.91. The molecule has 1 saturated carbocycles. The van der Waals surface area contributed by atoms with E-state index >= 15 is 0 Å². The molecule has 1 aromatic heterocycles. The topological polar surface area (TPSA) is 48.7 Å². The van der Waals surface area contributed by atoms with E-state index in [-0.39, 0.29) is 0 Å². The smallest absolute Gasteiger partial charge is 0.369 e. The first-order valence-corrected chi connectivity index (χ1v) is 7.31. The van der Waals surface area contributed by atoms with Crippen LogP contribution >= 0.6 is 0 Å². The number of hydrogen-bond donors (Lipinski definition) is 1. The van der Waals surface area contributed by atoms with Crippen molar-refractivity contribution in [3.05, 3.63) is 59.0 Å². The molecule has 1 N–H and O–H groups in total. The normalized spacial score (nSPS) is 15.6. The van der Waals surface area contributed by atoms with E-state index in [4.69, 9.17) is 5.26 Å². The van der Waals surface area contributed by atoms with Gasteiger partial charge in [-0.3, -0.25) is 0 Å². The number of pyridine rings is 1. The first kappa shape index (κ1) is 16.2. The number of benzene rings is 1. The Bertz CT molecular complexity index is 787. The second-order valence-corrected chi connectivity index (χ2v) is 5.90. The number of hydrogen-bond acceptors (Lipinski definition) is 3. The van der Waals surface area contributed by atoms with Gasteiger partial charge in [-0.15, -0.1) is 0 Å². The van der Waals surface area contributed by atoms with Crippen LogP contribution in [0.4, 0.5) is 23.4 Å². The molecule has 0 aliphatic heterocycles. The molecule has 124 valence electrons. The monoisotopic (exact) mass is 335 g/mol. The van der Waals surface area contributed by atoms with Gasteiger partial charge in [-0.2, -0.15) is 18.4 Å². The Morgan fingerprint density at radius 3 is 2.50 bits per heavy atom. The molecule has 2 aromatic rings. The van der Waals surface area contributed by atoms with E-state index in [1.807, 2.05) is 6.07 Å². The van der Waals surface area contributed by atoms with Crippen LogP contribution < -0.4 is 5.32 Å². The van der Waals surface area contributed by atoms with Crippen LogP contribution in [0.25, 0.3) is 0 Å². The van der Waals surface area contributed by atoms with Gasteiger partial charge in [-0.1, -0.05) is 0 Å². The largest absolute Gasteiger partial charge is 0.416 e. The lowest BCUT2D eigenvalue weighted by atomic mass is 9.94. The number of nitrogens with zero attached hydrogens (tertiary/aromatic N) is 2. The molecule has 1 aliphatic carbocycles. The number of nitrogens with one attached hydrogen (secondary N) is 1. The van der Waals surface area contributed by atoms with Crippen molar-refractivity contribution in [3.63, 3.8) is 0 Å². The van der Waals surface area contributed by atoms with E-state index in [0.717, 1.165) is 12.1 Å². The van der Waals surface area contributed by atoms with Crippen LogP contribution in [0.5, 0.6) is 0 Å². The molecule has 3 nitrogen and oxygen atoms in total. The van der Waals surface area contributed by atoms with Crippen LogP contribution in [0, 0.1) is 17.1 Å². The summed E-state index contributed by atoms with van der Waals surface area (Å²) in [5.74, 6) is -0.365. The van der Waals surface area contributed by atoms with Crippen molar-refractivity contribution < 1.29 is 17.6 Å². The first-order chi connectivity index (χ1) is 11.3. The standard InChI is InChI=1S/C17H13F4N3/c18-14-6-12(5-13(7-14)17(19,20)21)16(3-4-16)10-24-15-2-1-11(8-22)9-23-15/h1-2,5-7,9H,3-4,10H2,(H,23,24). The second kappa shape index (κ2) is 5.78. The average molecular weight is 335 g/mol. The summed E-state index contributed by atoms with van der Waals surface area (Å²) in [5.41, 5.74) is -0.726. The van der Waals surface area contributed by atoms with Crippen molar-refractivity contribution in [2.75, 3.05) is 11.9 Å². The molecule has 0 radical (unpaired) electrons. The number of halogens is 4. The summed E-state index contributed by atoms with van der Waals surface area (Å²) in [4.78, 5) is 4.06. The third-order valence-corrected chi connectivity index (χ3v) is 4.19. The number of anilines is 1. The third kappa shape index (κ3) is 3.32. The van der Waals surface area contributed by atoms with Gasteiger partial charge in [0.15, 0.2) is 0 Å². The predicted molar refractivity (Wildman–Crippen MR) is 79.8 cm³/mol. The number of rotatable bonds is 4. The molecular formula is C17H13F4N3. The fraction of sp³-hybridized carbons (Fsp3) is 0.294. The number of aromatic nitrogens is 1. The molecule has 24 heavy (non-hydrogen) atoms. The van der Waals surface area contributed by atoms with E-state index < -0.39 is 23.0 Å². The summed E-state index contributed by atoms with van der Waals surface area (Å²) < 4.78 is 52.2. The lowest BCUT2D eigenvalue weighted by Crippen LogP contribution is -2.21. The summed E-state index contributed by atoms with van der Waals surface area (Å²) in [7, 11) is 0. The molecule has 0 unspecified atom stereocenters. The molecule has 1 aromatic carbocycles. The maximum atomic E-state index is 13.6. The Labute approximate surface area is 135 Å². The minimum Gasteiger partial charge on any atom is -0.369 e. The van der Waals surface area contributed by atoms with E-state index in [9.17, 15) is 17.6 Å². The lowest BCUT2D eigenvalue weighted by molar-refractivity contribution is -0.137. The number of nitriles is 1. The fourth-order valence-electron chi connectivity index (χ4n) is 2.60. The first-order valence-electron chi connectivity index (χ1n) is 7.31. The van der Waals surface area contributed by atoms with Gasteiger partial charge < -0.3 is 5.32 Å². The molecule has 1 aliphatic rings. The van der Waals surface area contributed by atoms with Gasteiger partial charge in [0.1, 0.15) is 17.7 Å². The molecule has 0 saturated heterocycles. The van der Waals surface area contributed by atoms with Gasteiger partial charge in [0.25, 0.3) is 0 Å². The van der Waals surface area contributed by atoms with Crippen LogP contribution in [0.3, 0.4) is 0 Å². The SMILES string of the molecule is N#Cc1ccc(NCC2(c3cc(F)cc(C(F)(F)F)c3)CC2)nc1. The zero-order chi connectivity index (χ0) is 17.4. The van der Waals surface area contributed by atoms with Crippen LogP contribution in [0.1, 0.15) is 29.5 Å². The van der Waals surface area contributed by atoms with Crippen LogP contribution in [0.15, 0.2) is 36.5 Å². The van der Waals surface area contributed by atoms with Crippen molar-refractivity contribution in [1.82, 2.24) is 4.98 Å². The molecule has 3 rings (SSSR count). The third-order valence-electron chi connectivity index (χ3n) is 4.19. The van der Waals surface area contributed by atoms with Gasteiger partial charge in [-0.05, 0) is 48.7 Å². The summed E-state index contributed by atoms with van der Waals surface area (Å²) in [6, 6.07) is 7.86. The highest BCUT2D eigenvalue weighted by atomic mass is 19.4. The van der Waals surface area contributed by atoms with Crippen molar-refractivity contribution >= 4 is 5.82 Å². The molecule has 0 amide bonds. The van der Waals surface area contributed by atoms with Crippen molar-refractivity contribution in [2.24, 2.45) is 0 Å². The Balaban J connectivity index is 1.79. The molecule has 0 spiro atoms. The van der Waals surface area contributed by atoms with Crippen LogP contribution in [0.2, 0.25) is 0 Å². The summed E-state index contributed by atoms with van der Waals surface area (Å²) in [6.07, 6.45) is -1.81. The molecule has 0 bridgehead atoms. The van der Waals surface area contributed by atoms with Crippen molar-refractivity contribution in [2.45, 2.75) is 24.4 Å². The van der Waals surface area contributed by atoms with Gasteiger partial charge in [0, 0.05) is 18.2 Å². The van der Waals surface area contributed by atoms with Gasteiger partial charge in [0.2, 0.25) is 0 Å². The maximum Gasteiger partial charge on any atom is 0.416 e. The minimum absolute atomic E-state index is 0.343. The highest BCUT2D eigenvalue weighted by Crippen LogP contribution is 2.49. The zero-order valence-corrected chi connectivity index (χ0v) is 12.5. The molecular weight excluding hydrogens is 322 g/mol. The predicted octanol–water partition coefficient (Wildman–Crippen LogP) is 4.25. The minimum atomic E-state index is -4.57. The second-order valence-electron chi connectivity index (χ2n) is 5.90. The zero-order valence-electron chi connectivity index (χ0n) is 12.5. The number of alkyl halides is 3. The summed E-state index contributed by atoms with van der Waals surface area (Å²) in [5, 5.41) is 11.8. The van der Waals surface area contributed by atoms with Gasteiger partial charge >= 0.3 is 6.18 Å². The average Bonchev–Trinajstić information content (AvgIpc) is 3.33. The molecule has 1 heterocycles. The quantitative estimate of drug-likeness (QED) is 0.850. The van der Waals surface area contributed by atoms with E-state index in [1.54, 1.807) is 12.1 Å². The van der Waals surface area contributed by atoms with Gasteiger partial charge in [-0.25, -0.2) is 9.37 Å². The lowest BCUT2D eigenvalue weighted by Gasteiger charge is -2.19. The summed E-state index contributed by atoms with van der Waals surface area (Å²) in [6.45, 7) is 0.354. The fourth-order valence-corrected chi connectivity index (χ4v) is 2.60. The maximum absolute atomic E-state index is 13.6. The van der Waals surface area contributed by atoms with Gasteiger partial charge in [0.05, 0.1) is 11.1 Å². The molecule has 1 fully saturated rings. The van der Waals surface area contributed by atoms with Crippen LogP contribution in [-0.4, -0.2) is 11.5 Å². The Morgan fingerprint density at radius 2 is 1.96 bits per heavy atom. The Morgan fingerprint density at radius 1 is 1.21 bits per heavy atom. The summed E-state index contributed by atoms with van der Waals surface area (Å²) >= 11 is 0. The highest BCUT2D eigenvalue weighted by Gasteiger charge is 2.45. The highest BCUT2D eigenvalue weighted by molar-refractivity contribution is 5.43. The Hall–Kier alpha value is -2.62. The van der Waals surface area contributed by atoms with Crippen molar-refractivity contribution in [1.29, 1.82) is 5.26 Å². The molecule has 7 heteroatoms. The van der Waals surface area contributed by atoms with E-state index in [2.05, 4.69) is 10.3 Å². The molecule has 0 atom stereocenters. The van der Waals surface area contributed by atoms with E-state index in [1.165, 1.54) is 6.20 Å². The van der Waals surface area contributed by atoms with Crippen molar-refractivity contribution in [3.8, 4) is 6.07 Å². The van der Waals surface area contributed by atoms with Crippen LogP contribution in [-0.2, 0) is 11.6 Å². The van der Waals surface area contributed by atoms with E-state index in [0.29, 0.717) is 42.4 Å².